The monoisotopic (exact) mass is 236 g/mol. The maximum Gasteiger partial charge on any atom is 0.107 e. The predicted molar refractivity (Wildman–Crippen MR) is 65.4 cm³/mol. The molecule has 4 nitrogen and oxygen atoms in total. The van der Waals surface area contributed by atoms with Gasteiger partial charge in [-0.15, -0.1) is 11.3 Å². The second kappa shape index (κ2) is 5.23. The summed E-state index contributed by atoms with van der Waals surface area (Å²) in [5.74, 6) is 0. The Morgan fingerprint density at radius 2 is 2.44 bits per heavy atom. The molecule has 0 spiro atoms. The smallest absolute Gasteiger partial charge is 0.107 e. The van der Waals surface area contributed by atoms with Crippen LogP contribution in [0.2, 0.25) is 0 Å². The number of rotatable bonds is 5. The number of nitrogens with one attached hydrogen (secondary N) is 1. The summed E-state index contributed by atoms with van der Waals surface area (Å²) in [7, 11) is 0. The lowest BCUT2D eigenvalue weighted by Gasteiger charge is -2.12. The van der Waals surface area contributed by atoms with Crippen molar-refractivity contribution in [2.75, 3.05) is 0 Å². The molecule has 0 amide bonds. The SMILES string of the molecule is Cc1csc(CNC(C)Cn2ccnc2)n1. The molecule has 0 aliphatic rings. The van der Waals surface area contributed by atoms with Gasteiger partial charge in [0.05, 0.1) is 6.33 Å². The van der Waals surface area contributed by atoms with Crippen LogP contribution in [-0.2, 0) is 13.1 Å². The third-order valence-corrected chi connectivity index (χ3v) is 3.28. The van der Waals surface area contributed by atoms with Crippen LogP contribution in [0.4, 0.5) is 0 Å². The van der Waals surface area contributed by atoms with Crippen LogP contribution in [0.5, 0.6) is 0 Å². The van der Waals surface area contributed by atoms with Gasteiger partial charge in [0.1, 0.15) is 5.01 Å². The second-order valence-corrected chi connectivity index (χ2v) is 4.87. The summed E-state index contributed by atoms with van der Waals surface area (Å²) in [6.45, 7) is 5.97. The fourth-order valence-corrected chi connectivity index (χ4v) is 2.24. The fourth-order valence-electron chi connectivity index (χ4n) is 1.52. The van der Waals surface area contributed by atoms with E-state index < -0.39 is 0 Å². The maximum atomic E-state index is 4.42. The number of aryl methyl sites for hydroxylation is 1. The van der Waals surface area contributed by atoms with Crippen LogP contribution in [0.3, 0.4) is 0 Å². The van der Waals surface area contributed by atoms with Gasteiger partial charge >= 0.3 is 0 Å². The van der Waals surface area contributed by atoms with Gasteiger partial charge in [0.25, 0.3) is 0 Å². The quantitative estimate of drug-likeness (QED) is 0.861. The Kier molecular flexibility index (Phi) is 3.69. The van der Waals surface area contributed by atoms with E-state index in [9.17, 15) is 0 Å². The van der Waals surface area contributed by atoms with E-state index in [4.69, 9.17) is 0 Å². The van der Waals surface area contributed by atoms with Gasteiger partial charge in [0.15, 0.2) is 0 Å². The zero-order valence-electron chi connectivity index (χ0n) is 9.55. The summed E-state index contributed by atoms with van der Waals surface area (Å²) in [4.78, 5) is 8.44. The molecule has 2 aromatic rings. The lowest BCUT2D eigenvalue weighted by atomic mass is 10.3. The van der Waals surface area contributed by atoms with Gasteiger partial charge in [0.2, 0.25) is 0 Å². The van der Waals surface area contributed by atoms with Gasteiger partial charge < -0.3 is 9.88 Å². The largest absolute Gasteiger partial charge is 0.336 e. The summed E-state index contributed by atoms with van der Waals surface area (Å²) < 4.78 is 2.07. The summed E-state index contributed by atoms with van der Waals surface area (Å²) >= 11 is 1.71. The van der Waals surface area contributed by atoms with Crippen molar-refractivity contribution < 1.29 is 0 Å². The number of thiazole rings is 1. The van der Waals surface area contributed by atoms with Crippen molar-refractivity contribution in [3.8, 4) is 0 Å². The fraction of sp³-hybridized carbons (Fsp3) is 0.455. The van der Waals surface area contributed by atoms with Gasteiger partial charge in [0, 0.05) is 42.6 Å². The highest BCUT2D eigenvalue weighted by Gasteiger charge is 2.04. The van der Waals surface area contributed by atoms with Crippen molar-refractivity contribution in [2.24, 2.45) is 0 Å². The standard InChI is InChI=1S/C11H16N4S/c1-9(6-15-4-3-12-8-15)13-5-11-14-10(2)7-16-11/h3-4,7-9,13H,5-6H2,1-2H3. The number of hydrogen-bond acceptors (Lipinski definition) is 4. The van der Waals surface area contributed by atoms with Gasteiger partial charge in [-0.3, -0.25) is 0 Å². The molecular weight excluding hydrogens is 220 g/mol. The second-order valence-electron chi connectivity index (χ2n) is 3.92. The van der Waals surface area contributed by atoms with E-state index in [0.29, 0.717) is 6.04 Å². The first-order chi connectivity index (χ1) is 7.74. The third-order valence-electron chi connectivity index (χ3n) is 2.31. The Morgan fingerprint density at radius 3 is 3.06 bits per heavy atom. The van der Waals surface area contributed by atoms with E-state index >= 15 is 0 Å². The maximum absolute atomic E-state index is 4.42. The summed E-state index contributed by atoms with van der Waals surface area (Å²) in [6, 6.07) is 0.415. The van der Waals surface area contributed by atoms with E-state index in [0.717, 1.165) is 23.8 Å². The minimum absolute atomic E-state index is 0.415. The van der Waals surface area contributed by atoms with Crippen molar-refractivity contribution in [2.45, 2.75) is 33.0 Å². The molecule has 0 fully saturated rings. The molecule has 0 aliphatic carbocycles. The Morgan fingerprint density at radius 1 is 1.56 bits per heavy atom. The highest BCUT2D eigenvalue weighted by molar-refractivity contribution is 7.09. The van der Waals surface area contributed by atoms with Crippen molar-refractivity contribution in [1.29, 1.82) is 0 Å². The van der Waals surface area contributed by atoms with Crippen molar-refractivity contribution in [1.82, 2.24) is 19.9 Å². The zero-order chi connectivity index (χ0) is 11.4. The highest BCUT2D eigenvalue weighted by atomic mass is 32.1. The molecule has 1 atom stereocenters. The molecule has 0 saturated heterocycles. The third kappa shape index (κ3) is 3.15. The molecule has 0 saturated carbocycles. The van der Waals surface area contributed by atoms with E-state index in [2.05, 4.69) is 32.2 Å². The molecule has 5 heteroatoms. The first-order valence-electron chi connectivity index (χ1n) is 5.34. The Balaban J connectivity index is 1.77. The number of hydrogen-bond donors (Lipinski definition) is 1. The average Bonchev–Trinajstić information content (AvgIpc) is 2.87. The van der Waals surface area contributed by atoms with Crippen LogP contribution in [0, 0.1) is 6.92 Å². The minimum atomic E-state index is 0.415. The van der Waals surface area contributed by atoms with Gasteiger partial charge in [-0.25, -0.2) is 9.97 Å². The van der Waals surface area contributed by atoms with Crippen molar-refractivity contribution in [3.63, 3.8) is 0 Å². The van der Waals surface area contributed by atoms with Crippen LogP contribution in [0.25, 0.3) is 0 Å². The molecule has 2 heterocycles. The molecule has 0 aliphatic heterocycles. The van der Waals surface area contributed by atoms with Gasteiger partial charge in [-0.05, 0) is 13.8 Å². The Labute approximate surface area is 99.4 Å². The predicted octanol–water partition coefficient (Wildman–Crippen LogP) is 1.83. The molecular formula is C11H16N4S. The molecule has 0 aromatic carbocycles. The molecule has 2 aromatic heterocycles. The van der Waals surface area contributed by atoms with Crippen molar-refractivity contribution >= 4 is 11.3 Å². The van der Waals surface area contributed by atoms with E-state index in [-0.39, 0.29) is 0 Å². The summed E-state index contributed by atoms with van der Waals surface area (Å²) in [5.41, 5.74) is 1.10. The highest BCUT2D eigenvalue weighted by Crippen LogP contribution is 2.08. The van der Waals surface area contributed by atoms with Crippen LogP contribution < -0.4 is 5.32 Å². The molecule has 86 valence electrons. The van der Waals surface area contributed by atoms with Crippen LogP contribution in [0.1, 0.15) is 17.6 Å². The summed E-state index contributed by atoms with van der Waals surface area (Å²) in [5, 5.41) is 6.68. The normalized spacial score (nSPS) is 12.9. The van der Waals surface area contributed by atoms with Crippen LogP contribution >= 0.6 is 11.3 Å². The summed E-state index contributed by atoms with van der Waals surface area (Å²) in [6.07, 6.45) is 5.62. The van der Waals surface area contributed by atoms with Crippen molar-refractivity contribution in [3.05, 3.63) is 34.8 Å². The first-order valence-corrected chi connectivity index (χ1v) is 6.22. The number of nitrogens with zero attached hydrogens (tertiary/aromatic N) is 3. The van der Waals surface area contributed by atoms with E-state index in [1.807, 2.05) is 19.4 Å². The topological polar surface area (TPSA) is 42.7 Å². The lowest BCUT2D eigenvalue weighted by Crippen LogP contribution is -2.29. The molecule has 1 unspecified atom stereocenters. The Bertz CT molecular complexity index is 421. The zero-order valence-corrected chi connectivity index (χ0v) is 10.4. The molecule has 16 heavy (non-hydrogen) atoms. The van der Waals surface area contributed by atoms with E-state index in [1.54, 1.807) is 17.5 Å². The number of imidazole rings is 1. The average molecular weight is 236 g/mol. The minimum Gasteiger partial charge on any atom is -0.336 e. The van der Waals surface area contributed by atoms with E-state index in [1.165, 1.54) is 0 Å². The van der Waals surface area contributed by atoms with Crippen LogP contribution in [-0.4, -0.2) is 20.6 Å². The number of aromatic nitrogens is 3. The molecule has 0 radical (unpaired) electrons. The molecule has 1 N–H and O–H groups in total. The first kappa shape index (κ1) is 11.3. The Hall–Kier alpha value is -1.20. The van der Waals surface area contributed by atoms with Gasteiger partial charge in [-0.1, -0.05) is 0 Å². The molecule has 0 bridgehead atoms. The van der Waals surface area contributed by atoms with Gasteiger partial charge in [-0.2, -0.15) is 0 Å². The lowest BCUT2D eigenvalue weighted by molar-refractivity contribution is 0.475. The van der Waals surface area contributed by atoms with Crippen LogP contribution in [0.15, 0.2) is 24.1 Å². The molecule has 2 rings (SSSR count).